The summed E-state index contributed by atoms with van der Waals surface area (Å²) in [5.74, 6) is 0.758. The number of rotatable bonds is 1. The maximum Gasteiger partial charge on any atom is 0.140 e. The van der Waals surface area contributed by atoms with E-state index in [1.54, 1.807) is 12.4 Å². The first kappa shape index (κ1) is 9.90. The fourth-order valence-corrected chi connectivity index (χ4v) is 1.34. The number of fused-ring (bicyclic) bond motifs is 1. The van der Waals surface area contributed by atoms with E-state index in [1.165, 1.54) is 0 Å². The van der Waals surface area contributed by atoms with Gasteiger partial charge in [0.1, 0.15) is 11.4 Å². The zero-order valence-electron chi connectivity index (χ0n) is 9.19. The molecule has 2 aromatic rings. The molecular formula is C12H14N2O. The summed E-state index contributed by atoms with van der Waals surface area (Å²) in [6.45, 7) is 6.03. The largest absolute Gasteiger partial charge is 0.486 e. The smallest absolute Gasteiger partial charge is 0.140 e. The van der Waals surface area contributed by atoms with Crippen molar-refractivity contribution in [1.82, 2.24) is 9.97 Å². The summed E-state index contributed by atoms with van der Waals surface area (Å²) in [7, 11) is 0. The Morgan fingerprint density at radius 1 is 1.13 bits per heavy atom. The van der Waals surface area contributed by atoms with E-state index >= 15 is 0 Å². The lowest BCUT2D eigenvalue weighted by atomic mass is 10.2. The summed E-state index contributed by atoms with van der Waals surface area (Å²) in [6, 6.07) is 5.72. The van der Waals surface area contributed by atoms with E-state index in [4.69, 9.17) is 4.74 Å². The van der Waals surface area contributed by atoms with Crippen molar-refractivity contribution in [3.8, 4) is 5.75 Å². The summed E-state index contributed by atoms with van der Waals surface area (Å²) in [5, 5.41) is 0. The number of aromatic nitrogens is 2. The maximum atomic E-state index is 5.71. The Morgan fingerprint density at radius 2 is 1.93 bits per heavy atom. The Kier molecular flexibility index (Phi) is 2.31. The van der Waals surface area contributed by atoms with Crippen molar-refractivity contribution in [2.24, 2.45) is 0 Å². The van der Waals surface area contributed by atoms with Crippen LogP contribution in [0.15, 0.2) is 30.6 Å². The van der Waals surface area contributed by atoms with Crippen molar-refractivity contribution in [3.05, 3.63) is 30.6 Å². The normalized spacial score (nSPS) is 11.7. The Hall–Kier alpha value is -1.64. The summed E-state index contributed by atoms with van der Waals surface area (Å²) < 4.78 is 5.71. The summed E-state index contributed by atoms with van der Waals surface area (Å²) in [5.41, 5.74) is 1.54. The molecule has 0 N–H and O–H groups in total. The lowest BCUT2D eigenvalue weighted by Crippen LogP contribution is -2.22. The first-order valence-electron chi connectivity index (χ1n) is 4.94. The highest BCUT2D eigenvalue weighted by Crippen LogP contribution is 2.20. The van der Waals surface area contributed by atoms with Crippen LogP contribution in [-0.4, -0.2) is 15.6 Å². The lowest BCUT2D eigenvalue weighted by molar-refractivity contribution is 0.130. The second kappa shape index (κ2) is 3.50. The third-order valence-corrected chi connectivity index (χ3v) is 1.85. The lowest BCUT2D eigenvalue weighted by Gasteiger charge is -2.20. The Labute approximate surface area is 89.1 Å². The Bertz CT molecular complexity index is 474. The van der Waals surface area contributed by atoms with Crippen molar-refractivity contribution in [1.29, 1.82) is 0 Å². The Balaban J connectivity index is 2.39. The fraction of sp³-hybridized carbons (Fsp3) is 0.333. The van der Waals surface area contributed by atoms with Crippen LogP contribution in [0.25, 0.3) is 11.0 Å². The molecule has 2 aromatic heterocycles. The standard InChI is InChI=1S/C12H14N2O/c1-12(2,3)15-9-7-11-10(14-8-9)5-4-6-13-11/h4-8H,1-3H3. The van der Waals surface area contributed by atoms with Crippen LogP contribution in [0.5, 0.6) is 5.75 Å². The molecule has 15 heavy (non-hydrogen) atoms. The molecule has 0 amide bonds. The second-order valence-corrected chi connectivity index (χ2v) is 4.43. The third-order valence-electron chi connectivity index (χ3n) is 1.85. The predicted octanol–water partition coefficient (Wildman–Crippen LogP) is 2.81. The zero-order valence-corrected chi connectivity index (χ0v) is 9.19. The average Bonchev–Trinajstić information content (AvgIpc) is 2.15. The van der Waals surface area contributed by atoms with Crippen LogP contribution in [0.1, 0.15) is 20.8 Å². The van der Waals surface area contributed by atoms with E-state index in [9.17, 15) is 0 Å². The molecule has 0 saturated heterocycles. The number of hydrogen-bond acceptors (Lipinski definition) is 3. The first-order chi connectivity index (χ1) is 7.04. The minimum absolute atomic E-state index is 0.204. The monoisotopic (exact) mass is 202 g/mol. The SMILES string of the molecule is CC(C)(C)Oc1cnc2cccnc2c1. The van der Waals surface area contributed by atoms with Crippen molar-refractivity contribution >= 4 is 11.0 Å². The zero-order chi connectivity index (χ0) is 10.9. The van der Waals surface area contributed by atoms with Gasteiger partial charge in [0.15, 0.2) is 0 Å². The van der Waals surface area contributed by atoms with E-state index in [0.29, 0.717) is 0 Å². The van der Waals surface area contributed by atoms with Crippen LogP contribution < -0.4 is 4.74 Å². The number of nitrogens with zero attached hydrogens (tertiary/aromatic N) is 2. The van der Waals surface area contributed by atoms with Crippen molar-refractivity contribution in [2.75, 3.05) is 0 Å². The van der Waals surface area contributed by atoms with Gasteiger partial charge in [-0.15, -0.1) is 0 Å². The van der Waals surface area contributed by atoms with E-state index in [2.05, 4.69) is 9.97 Å². The van der Waals surface area contributed by atoms with E-state index in [0.717, 1.165) is 16.8 Å². The van der Waals surface area contributed by atoms with E-state index < -0.39 is 0 Å². The molecule has 0 unspecified atom stereocenters. The van der Waals surface area contributed by atoms with Gasteiger partial charge in [-0.25, -0.2) is 0 Å². The molecule has 0 aliphatic carbocycles. The van der Waals surface area contributed by atoms with Gasteiger partial charge >= 0.3 is 0 Å². The number of pyridine rings is 2. The van der Waals surface area contributed by atoms with Gasteiger partial charge in [-0.2, -0.15) is 0 Å². The van der Waals surface area contributed by atoms with Crippen LogP contribution in [0.2, 0.25) is 0 Å². The molecule has 0 bridgehead atoms. The van der Waals surface area contributed by atoms with Gasteiger partial charge in [0.2, 0.25) is 0 Å². The van der Waals surface area contributed by atoms with Crippen LogP contribution in [0, 0.1) is 0 Å². The molecule has 0 spiro atoms. The summed E-state index contributed by atoms with van der Waals surface area (Å²) in [4.78, 5) is 8.51. The molecule has 0 saturated carbocycles. The predicted molar refractivity (Wildman–Crippen MR) is 59.9 cm³/mol. The molecule has 0 aliphatic rings. The average molecular weight is 202 g/mol. The molecule has 0 aromatic carbocycles. The van der Waals surface area contributed by atoms with Crippen molar-refractivity contribution in [2.45, 2.75) is 26.4 Å². The van der Waals surface area contributed by atoms with Crippen LogP contribution in [0.4, 0.5) is 0 Å². The van der Waals surface area contributed by atoms with Crippen LogP contribution in [0.3, 0.4) is 0 Å². The molecule has 78 valence electrons. The highest BCUT2D eigenvalue weighted by atomic mass is 16.5. The molecular weight excluding hydrogens is 188 g/mol. The highest BCUT2D eigenvalue weighted by molar-refractivity contribution is 5.74. The van der Waals surface area contributed by atoms with Crippen LogP contribution >= 0.6 is 0 Å². The summed E-state index contributed by atoms with van der Waals surface area (Å²) in [6.07, 6.45) is 3.49. The topological polar surface area (TPSA) is 35.0 Å². The Morgan fingerprint density at radius 3 is 2.67 bits per heavy atom. The molecule has 3 heteroatoms. The van der Waals surface area contributed by atoms with Crippen molar-refractivity contribution < 1.29 is 4.74 Å². The van der Waals surface area contributed by atoms with Gasteiger partial charge in [0.05, 0.1) is 17.2 Å². The quantitative estimate of drug-likeness (QED) is 0.713. The third kappa shape index (κ3) is 2.43. The minimum atomic E-state index is -0.204. The van der Waals surface area contributed by atoms with Gasteiger partial charge in [0, 0.05) is 12.3 Å². The number of hydrogen-bond donors (Lipinski definition) is 0. The van der Waals surface area contributed by atoms with Crippen molar-refractivity contribution in [3.63, 3.8) is 0 Å². The minimum Gasteiger partial charge on any atom is -0.486 e. The van der Waals surface area contributed by atoms with Gasteiger partial charge in [-0.3, -0.25) is 9.97 Å². The molecule has 0 aliphatic heterocycles. The van der Waals surface area contributed by atoms with E-state index in [-0.39, 0.29) is 5.60 Å². The molecule has 3 nitrogen and oxygen atoms in total. The molecule has 0 radical (unpaired) electrons. The van der Waals surface area contributed by atoms with Gasteiger partial charge in [-0.05, 0) is 32.9 Å². The molecule has 2 heterocycles. The summed E-state index contributed by atoms with van der Waals surface area (Å²) >= 11 is 0. The molecule has 0 fully saturated rings. The van der Waals surface area contributed by atoms with E-state index in [1.807, 2.05) is 39.0 Å². The molecule has 0 atom stereocenters. The van der Waals surface area contributed by atoms with Gasteiger partial charge in [-0.1, -0.05) is 0 Å². The first-order valence-corrected chi connectivity index (χ1v) is 4.94. The molecule has 2 rings (SSSR count). The van der Waals surface area contributed by atoms with Gasteiger partial charge in [0.25, 0.3) is 0 Å². The number of ether oxygens (including phenoxy) is 1. The van der Waals surface area contributed by atoms with Gasteiger partial charge < -0.3 is 4.74 Å². The maximum absolute atomic E-state index is 5.71. The van der Waals surface area contributed by atoms with Crippen LogP contribution in [-0.2, 0) is 0 Å². The highest BCUT2D eigenvalue weighted by Gasteiger charge is 2.12. The second-order valence-electron chi connectivity index (χ2n) is 4.43. The fourth-order valence-electron chi connectivity index (χ4n) is 1.34.